The van der Waals surface area contributed by atoms with Crippen molar-refractivity contribution in [2.75, 3.05) is 36.4 Å². The minimum absolute atomic E-state index is 0.0684. The van der Waals surface area contributed by atoms with Gasteiger partial charge in [-0.15, -0.1) is 0 Å². The summed E-state index contributed by atoms with van der Waals surface area (Å²) in [7, 11) is 0. The second-order valence-corrected chi connectivity index (χ2v) is 8.22. The van der Waals surface area contributed by atoms with Crippen molar-refractivity contribution < 1.29 is 9.59 Å². The smallest absolute Gasteiger partial charge is 0.273 e. The van der Waals surface area contributed by atoms with Crippen molar-refractivity contribution in [1.29, 1.82) is 0 Å². The van der Waals surface area contributed by atoms with E-state index in [9.17, 15) is 9.59 Å². The maximum atomic E-state index is 13.0. The highest BCUT2D eigenvalue weighted by Gasteiger charge is 2.35. The zero-order valence-electron chi connectivity index (χ0n) is 18.4. The molecule has 2 aromatic rings. The molecule has 2 amide bonds. The Balaban J connectivity index is 1.61. The summed E-state index contributed by atoms with van der Waals surface area (Å²) in [6, 6.07) is 0.0695. The Labute approximate surface area is 181 Å². The molecule has 31 heavy (non-hydrogen) atoms. The largest absolute Gasteiger partial charge is 0.364 e. The van der Waals surface area contributed by atoms with Gasteiger partial charge in [0.15, 0.2) is 0 Å². The van der Waals surface area contributed by atoms with E-state index in [1.165, 1.54) is 0 Å². The number of hydrogen-bond acceptors (Lipinski definition) is 8. The monoisotopic (exact) mass is 424 g/mol. The summed E-state index contributed by atoms with van der Waals surface area (Å²) in [5.74, 6) is 1.15. The molecule has 2 aliphatic rings. The van der Waals surface area contributed by atoms with E-state index in [4.69, 9.17) is 4.98 Å². The molecule has 0 unspecified atom stereocenters. The van der Waals surface area contributed by atoms with Gasteiger partial charge >= 0.3 is 0 Å². The Morgan fingerprint density at radius 2 is 1.87 bits per heavy atom. The van der Waals surface area contributed by atoms with Crippen LogP contribution in [-0.2, 0) is 17.9 Å². The van der Waals surface area contributed by atoms with Crippen molar-refractivity contribution in [3.05, 3.63) is 35.0 Å². The van der Waals surface area contributed by atoms with Gasteiger partial charge in [0.05, 0.1) is 30.7 Å². The number of rotatable bonds is 5. The molecular formula is C21H28N8O2. The molecule has 0 spiro atoms. The quantitative estimate of drug-likeness (QED) is 0.763. The molecule has 4 rings (SSSR count). The SMILES string of the molecule is CC(=O)N1CCN(c2nc(NCc3cnc(C)cn3)c3c(n2)C(=O)N(C(C)C)C3)CC1. The molecule has 0 saturated carbocycles. The van der Waals surface area contributed by atoms with Crippen molar-refractivity contribution >= 4 is 23.6 Å². The van der Waals surface area contributed by atoms with Crippen molar-refractivity contribution in [2.45, 2.75) is 46.8 Å². The number of anilines is 2. The maximum Gasteiger partial charge on any atom is 0.273 e. The lowest BCUT2D eigenvalue weighted by Gasteiger charge is -2.34. The maximum absolute atomic E-state index is 13.0. The van der Waals surface area contributed by atoms with Gasteiger partial charge < -0.3 is 20.0 Å². The first kappa shape index (κ1) is 21.0. The lowest BCUT2D eigenvalue weighted by molar-refractivity contribution is -0.129. The molecule has 1 N–H and O–H groups in total. The summed E-state index contributed by atoms with van der Waals surface area (Å²) in [4.78, 5) is 48.4. The molecule has 1 fully saturated rings. The van der Waals surface area contributed by atoms with Gasteiger partial charge in [-0.05, 0) is 20.8 Å². The van der Waals surface area contributed by atoms with Gasteiger partial charge in [-0.25, -0.2) is 4.98 Å². The van der Waals surface area contributed by atoms with Crippen LogP contribution in [-0.4, -0.2) is 73.8 Å². The number of piperazine rings is 1. The minimum atomic E-state index is -0.0748. The van der Waals surface area contributed by atoms with Crippen LogP contribution in [0.1, 0.15) is 48.2 Å². The highest BCUT2D eigenvalue weighted by atomic mass is 16.2. The van der Waals surface area contributed by atoms with Crippen LogP contribution in [0.4, 0.5) is 11.8 Å². The zero-order chi connectivity index (χ0) is 22.1. The van der Waals surface area contributed by atoms with Crippen LogP contribution in [0.2, 0.25) is 0 Å². The predicted molar refractivity (Wildman–Crippen MR) is 116 cm³/mol. The number of carbonyl (C=O) groups excluding carboxylic acids is 2. The Morgan fingerprint density at radius 3 is 2.48 bits per heavy atom. The summed E-state index contributed by atoms with van der Waals surface area (Å²) in [6.45, 7) is 10.9. The third kappa shape index (κ3) is 4.28. The Bertz CT molecular complexity index is 984. The first-order valence-corrected chi connectivity index (χ1v) is 10.6. The van der Waals surface area contributed by atoms with E-state index in [1.807, 2.05) is 30.6 Å². The fourth-order valence-electron chi connectivity index (χ4n) is 3.79. The first-order chi connectivity index (χ1) is 14.8. The summed E-state index contributed by atoms with van der Waals surface area (Å²) in [5, 5.41) is 3.34. The van der Waals surface area contributed by atoms with Crippen molar-refractivity contribution in [1.82, 2.24) is 29.7 Å². The molecule has 10 heteroatoms. The molecule has 4 heterocycles. The average molecular weight is 425 g/mol. The third-order valence-electron chi connectivity index (χ3n) is 5.69. The van der Waals surface area contributed by atoms with Gasteiger partial charge in [-0.1, -0.05) is 0 Å². The topological polar surface area (TPSA) is 107 Å². The normalized spacial score (nSPS) is 16.2. The molecule has 0 atom stereocenters. The average Bonchev–Trinajstić information content (AvgIpc) is 3.10. The van der Waals surface area contributed by atoms with E-state index < -0.39 is 0 Å². The summed E-state index contributed by atoms with van der Waals surface area (Å²) < 4.78 is 0. The number of aryl methyl sites for hydroxylation is 1. The van der Waals surface area contributed by atoms with E-state index in [2.05, 4.69) is 20.3 Å². The van der Waals surface area contributed by atoms with Crippen LogP contribution < -0.4 is 10.2 Å². The number of amides is 2. The van der Waals surface area contributed by atoms with Crippen LogP contribution in [0.15, 0.2) is 12.4 Å². The van der Waals surface area contributed by atoms with Crippen LogP contribution in [0.3, 0.4) is 0 Å². The van der Waals surface area contributed by atoms with E-state index in [1.54, 1.807) is 24.2 Å². The van der Waals surface area contributed by atoms with E-state index in [-0.39, 0.29) is 17.9 Å². The van der Waals surface area contributed by atoms with Gasteiger partial charge in [-0.2, -0.15) is 4.98 Å². The van der Waals surface area contributed by atoms with Gasteiger partial charge in [0, 0.05) is 50.9 Å². The lowest BCUT2D eigenvalue weighted by atomic mass is 10.2. The van der Waals surface area contributed by atoms with Gasteiger partial charge in [0.25, 0.3) is 5.91 Å². The van der Waals surface area contributed by atoms with E-state index >= 15 is 0 Å². The summed E-state index contributed by atoms with van der Waals surface area (Å²) in [6.07, 6.45) is 3.46. The van der Waals surface area contributed by atoms with Crippen LogP contribution in [0.5, 0.6) is 0 Å². The second kappa shape index (κ2) is 8.44. The Morgan fingerprint density at radius 1 is 1.13 bits per heavy atom. The highest BCUT2D eigenvalue weighted by Crippen LogP contribution is 2.30. The number of carbonyl (C=O) groups is 2. The Kier molecular flexibility index (Phi) is 5.71. The molecule has 1 saturated heterocycles. The van der Waals surface area contributed by atoms with Crippen LogP contribution in [0.25, 0.3) is 0 Å². The van der Waals surface area contributed by atoms with Crippen LogP contribution >= 0.6 is 0 Å². The number of nitrogens with zero attached hydrogens (tertiary/aromatic N) is 7. The van der Waals surface area contributed by atoms with Crippen LogP contribution in [0, 0.1) is 6.92 Å². The zero-order valence-corrected chi connectivity index (χ0v) is 18.4. The molecule has 0 aliphatic carbocycles. The second-order valence-electron chi connectivity index (χ2n) is 8.22. The highest BCUT2D eigenvalue weighted by molar-refractivity contribution is 5.98. The fourth-order valence-corrected chi connectivity index (χ4v) is 3.79. The van der Waals surface area contributed by atoms with Crippen molar-refractivity contribution in [3.8, 4) is 0 Å². The number of nitrogens with one attached hydrogen (secondary N) is 1. The third-order valence-corrected chi connectivity index (χ3v) is 5.69. The number of fused-ring (bicyclic) bond motifs is 1. The van der Waals surface area contributed by atoms with Crippen molar-refractivity contribution in [2.24, 2.45) is 0 Å². The molecule has 2 aliphatic heterocycles. The molecule has 2 aromatic heterocycles. The van der Waals surface area contributed by atoms with Gasteiger partial charge in [0.1, 0.15) is 11.5 Å². The standard InChI is InChI=1S/C21H28N8O2/c1-13(2)29-12-17-18(20(29)31)25-21(28-7-5-27(6-8-28)15(4)30)26-19(17)24-11-16-10-22-14(3)9-23-16/h9-10,13H,5-8,11-12H2,1-4H3,(H,24,25,26). The number of aromatic nitrogens is 4. The van der Waals surface area contributed by atoms with Gasteiger partial charge in [0.2, 0.25) is 11.9 Å². The lowest BCUT2D eigenvalue weighted by Crippen LogP contribution is -2.48. The first-order valence-electron chi connectivity index (χ1n) is 10.6. The molecule has 10 nitrogen and oxygen atoms in total. The summed E-state index contributed by atoms with van der Waals surface area (Å²) in [5.41, 5.74) is 2.91. The number of hydrogen-bond donors (Lipinski definition) is 1. The Hall–Kier alpha value is -3.30. The summed E-state index contributed by atoms with van der Waals surface area (Å²) >= 11 is 0. The fraction of sp³-hybridized carbons (Fsp3) is 0.524. The molecule has 0 aromatic carbocycles. The van der Waals surface area contributed by atoms with Crippen molar-refractivity contribution in [3.63, 3.8) is 0 Å². The predicted octanol–water partition coefficient (Wildman–Crippen LogP) is 1.22. The van der Waals surface area contributed by atoms with E-state index in [0.717, 1.165) is 17.0 Å². The van der Waals surface area contributed by atoms with E-state index in [0.29, 0.717) is 56.7 Å². The molecule has 0 bridgehead atoms. The molecule has 0 radical (unpaired) electrons. The van der Waals surface area contributed by atoms with Gasteiger partial charge in [-0.3, -0.25) is 19.6 Å². The minimum Gasteiger partial charge on any atom is -0.364 e. The molecular weight excluding hydrogens is 396 g/mol. The molecule has 164 valence electrons.